The third kappa shape index (κ3) is 1.78. The minimum absolute atomic E-state index is 0.990. The standard InChI is InChI=1S/C13H24/c1-9-5-4-6-12-7-10(2)11(3)13(9)8-12/h9-13H,4-8H2,1-3H3. The molecule has 2 rings (SSSR count). The summed E-state index contributed by atoms with van der Waals surface area (Å²) in [5.74, 6) is 5.12. The van der Waals surface area contributed by atoms with Crippen molar-refractivity contribution in [1.82, 2.24) is 0 Å². The van der Waals surface area contributed by atoms with Crippen molar-refractivity contribution in [2.45, 2.75) is 52.9 Å². The average molecular weight is 180 g/mol. The van der Waals surface area contributed by atoms with E-state index in [9.17, 15) is 0 Å². The maximum atomic E-state index is 2.49. The molecule has 0 aromatic rings. The fourth-order valence-corrected chi connectivity index (χ4v) is 3.79. The molecule has 0 saturated heterocycles. The van der Waals surface area contributed by atoms with E-state index in [-0.39, 0.29) is 0 Å². The zero-order chi connectivity index (χ0) is 9.42. The van der Waals surface area contributed by atoms with Gasteiger partial charge in [-0.25, -0.2) is 0 Å². The lowest BCUT2D eigenvalue weighted by Crippen LogP contribution is -2.31. The highest BCUT2D eigenvalue weighted by molar-refractivity contribution is 4.87. The summed E-state index contributed by atoms with van der Waals surface area (Å²) in [5, 5.41) is 0. The van der Waals surface area contributed by atoms with Crippen LogP contribution in [0, 0.1) is 29.6 Å². The van der Waals surface area contributed by atoms with Gasteiger partial charge in [-0.05, 0) is 42.4 Å². The molecule has 76 valence electrons. The summed E-state index contributed by atoms with van der Waals surface area (Å²) in [7, 11) is 0. The second-order valence-corrected chi connectivity index (χ2v) is 5.75. The Morgan fingerprint density at radius 2 is 1.62 bits per heavy atom. The van der Waals surface area contributed by atoms with Gasteiger partial charge in [0.2, 0.25) is 0 Å². The van der Waals surface area contributed by atoms with Crippen LogP contribution in [0.3, 0.4) is 0 Å². The first kappa shape index (κ1) is 9.55. The summed E-state index contributed by atoms with van der Waals surface area (Å²) >= 11 is 0. The molecule has 13 heavy (non-hydrogen) atoms. The van der Waals surface area contributed by atoms with Crippen molar-refractivity contribution < 1.29 is 0 Å². The van der Waals surface area contributed by atoms with Crippen molar-refractivity contribution in [3.63, 3.8) is 0 Å². The van der Waals surface area contributed by atoms with Crippen molar-refractivity contribution in [3.8, 4) is 0 Å². The Bertz CT molecular complexity index is 171. The third-order valence-corrected chi connectivity index (χ3v) is 4.89. The van der Waals surface area contributed by atoms with Gasteiger partial charge in [-0.2, -0.15) is 0 Å². The van der Waals surface area contributed by atoms with Gasteiger partial charge < -0.3 is 0 Å². The van der Waals surface area contributed by atoms with E-state index in [0.29, 0.717) is 0 Å². The highest BCUT2D eigenvalue weighted by Gasteiger charge is 2.36. The molecule has 0 amide bonds. The molecule has 2 saturated carbocycles. The van der Waals surface area contributed by atoms with Gasteiger partial charge in [0.25, 0.3) is 0 Å². The van der Waals surface area contributed by atoms with Crippen LogP contribution in [-0.2, 0) is 0 Å². The van der Waals surface area contributed by atoms with Crippen LogP contribution in [0.1, 0.15) is 52.9 Å². The third-order valence-electron chi connectivity index (χ3n) is 4.89. The Labute approximate surface area is 83.1 Å². The quantitative estimate of drug-likeness (QED) is 0.526. The Kier molecular flexibility index (Phi) is 2.67. The van der Waals surface area contributed by atoms with Crippen LogP contribution in [0.2, 0.25) is 0 Å². The Morgan fingerprint density at radius 1 is 0.846 bits per heavy atom. The van der Waals surface area contributed by atoms with Crippen LogP contribution in [0.25, 0.3) is 0 Å². The van der Waals surface area contributed by atoms with Gasteiger partial charge in [0, 0.05) is 0 Å². The zero-order valence-electron chi connectivity index (χ0n) is 9.42. The summed E-state index contributed by atoms with van der Waals surface area (Å²) < 4.78 is 0. The lowest BCUT2D eigenvalue weighted by molar-refractivity contribution is 0.102. The van der Waals surface area contributed by atoms with Gasteiger partial charge in [0.05, 0.1) is 0 Å². The van der Waals surface area contributed by atoms with Crippen LogP contribution in [-0.4, -0.2) is 0 Å². The molecule has 0 nitrogen and oxygen atoms in total. The smallest absolute Gasteiger partial charge is 0.0358 e. The van der Waals surface area contributed by atoms with Crippen LogP contribution in [0.5, 0.6) is 0 Å². The van der Waals surface area contributed by atoms with Crippen molar-refractivity contribution in [2.24, 2.45) is 29.6 Å². The molecular weight excluding hydrogens is 156 g/mol. The highest BCUT2D eigenvalue weighted by Crippen LogP contribution is 2.46. The van der Waals surface area contributed by atoms with E-state index in [1.807, 2.05) is 0 Å². The Balaban J connectivity index is 2.12. The molecule has 2 aliphatic rings. The van der Waals surface area contributed by atoms with E-state index >= 15 is 0 Å². The van der Waals surface area contributed by atoms with E-state index in [1.54, 1.807) is 6.42 Å². The van der Waals surface area contributed by atoms with Crippen molar-refractivity contribution in [1.29, 1.82) is 0 Å². The first-order valence-corrected chi connectivity index (χ1v) is 6.18. The molecule has 0 radical (unpaired) electrons. The number of hydrogen-bond donors (Lipinski definition) is 0. The molecular formula is C13H24. The fraction of sp³-hybridized carbons (Fsp3) is 1.00. The number of hydrogen-bond acceptors (Lipinski definition) is 0. The van der Waals surface area contributed by atoms with E-state index < -0.39 is 0 Å². The molecule has 0 spiro atoms. The van der Waals surface area contributed by atoms with Gasteiger partial charge in [0.1, 0.15) is 0 Å². The summed E-state index contributed by atoms with van der Waals surface area (Å²) in [6, 6.07) is 0. The molecule has 2 bridgehead atoms. The molecule has 5 atom stereocenters. The predicted octanol–water partition coefficient (Wildman–Crippen LogP) is 4.10. The SMILES string of the molecule is CC1CC2CCCC(C)C(C2)C1C. The molecule has 0 aliphatic heterocycles. The lowest BCUT2D eigenvalue weighted by atomic mass is 9.66. The maximum Gasteiger partial charge on any atom is -0.0358 e. The van der Waals surface area contributed by atoms with Crippen LogP contribution < -0.4 is 0 Å². The van der Waals surface area contributed by atoms with Crippen molar-refractivity contribution in [3.05, 3.63) is 0 Å². The van der Waals surface area contributed by atoms with E-state index in [0.717, 1.165) is 29.6 Å². The van der Waals surface area contributed by atoms with E-state index in [2.05, 4.69) is 20.8 Å². The van der Waals surface area contributed by atoms with E-state index in [4.69, 9.17) is 0 Å². The molecule has 0 heterocycles. The van der Waals surface area contributed by atoms with Crippen molar-refractivity contribution in [2.75, 3.05) is 0 Å². The molecule has 2 aliphatic carbocycles. The largest absolute Gasteiger partial charge is 0.0622 e. The highest BCUT2D eigenvalue weighted by atomic mass is 14.4. The second-order valence-electron chi connectivity index (χ2n) is 5.75. The number of fused-ring (bicyclic) bond motifs is 2. The van der Waals surface area contributed by atoms with Crippen LogP contribution in [0.4, 0.5) is 0 Å². The van der Waals surface area contributed by atoms with Gasteiger partial charge in [0.15, 0.2) is 0 Å². The summed E-state index contributed by atoms with van der Waals surface area (Å²) in [6.07, 6.45) is 7.59. The number of rotatable bonds is 0. The topological polar surface area (TPSA) is 0 Å². The normalized spacial score (nSPS) is 51.5. The monoisotopic (exact) mass is 180 g/mol. The molecule has 0 aromatic carbocycles. The summed E-state index contributed by atoms with van der Waals surface area (Å²) in [6.45, 7) is 7.46. The molecule has 2 fully saturated rings. The van der Waals surface area contributed by atoms with Gasteiger partial charge in [-0.15, -0.1) is 0 Å². The molecule has 0 N–H and O–H groups in total. The minimum atomic E-state index is 0.990. The maximum absolute atomic E-state index is 2.49. The fourth-order valence-electron chi connectivity index (χ4n) is 3.79. The summed E-state index contributed by atoms with van der Waals surface area (Å²) in [5.41, 5.74) is 0. The molecule has 0 heteroatoms. The first-order chi connectivity index (χ1) is 6.18. The second kappa shape index (κ2) is 3.63. The summed E-state index contributed by atoms with van der Waals surface area (Å²) in [4.78, 5) is 0. The molecule has 5 unspecified atom stereocenters. The molecule has 0 aromatic heterocycles. The van der Waals surface area contributed by atoms with Crippen LogP contribution in [0.15, 0.2) is 0 Å². The predicted molar refractivity (Wildman–Crippen MR) is 57.6 cm³/mol. The Hall–Kier alpha value is 0. The van der Waals surface area contributed by atoms with Gasteiger partial charge in [-0.1, -0.05) is 40.0 Å². The van der Waals surface area contributed by atoms with Crippen molar-refractivity contribution >= 4 is 0 Å². The average Bonchev–Trinajstić information content (AvgIpc) is 2.24. The van der Waals surface area contributed by atoms with E-state index in [1.165, 1.54) is 25.7 Å². The van der Waals surface area contributed by atoms with Gasteiger partial charge >= 0.3 is 0 Å². The lowest BCUT2D eigenvalue weighted by Gasteiger charge is -2.39. The Morgan fingerprint density at radius 3 is 2.38 bits per heavy atom. The van der Waals surface area contributed by atoms with Gasteiger partial charge in [-0.3, -0.25) is 0 Å². The minimum Gasteiger partial charge on any atom is -0.0622 e. The first-order valence-electron chi connectivity index (χ1n) is 6.18. The zero-order valence-corrected chi connectivity index (χ0v) is 9.42. The van der Waals surface area contributed by atoms with Crippen LogP contribution >= 0.6 is 0 Å².